The fourth-order valence-corrected chi connectivity index (χ4v) is 3.54. The van der Waals surface area contributed by atoms with Crippen molar-refractivity contribution < 1.29 is 5.11 Å². The Morgan fingerprint density at radius 1 is 1.45 bits per heavy atom. The first-order chi connectivity index (χ1) is 9.95. The number of aliphatic hydroxyl groups is 1. The van der Waals surface area contributed by atoms with E-state index >= 15 is 0 Å². The molecule has 1 fully saturated rings. The Morgan fingerprint density at radius 2 is 2.14 bits per heavy atom. The first-order valence-corrected chi connectivity index (χ1v) is 9.26. The second kappa shape index (κ2) is 11.0. The van der Waals surface area contributed by atoms with Gasteiger partial charge in [-0.3, -0.25) is 4.99 Å². The summed E-state index contributed by atoms with van der Waals surface area (Å²) in [5.41, 5.74) is -0.108. The molecular formula is C16H34IN3OS. The van der Waals surface area contributed by atoms with Crippen molar-refractivity contribution in [2.45, 2.75) is 46.3 Å². The summed E-state index contributed by atoms with van der Waals surface area (Å²) in [4.78, 5) is 7.19. The lowest BCUT2D eigenvalue weighted by Crippen LogP contribution is -2.49. The van der Waals surface area contributed by atoms with Gasteiger partial charge >= 0.3 is 0 Å². The zero-order valence-electron chi connectivity index (χ0n) is 14.8. The van der Waals surface area contributed by atoms with Crippen LogP contribution in [0.25, 0.3) is 0 Å². The van der Waals surface area contributed by atoms with Crippen molar-refractivity contribution >= 4 is 41.7 Å². The van der Waals surface area contributed by atoms with Crippen molar-refractivity contribution in [3.63, 3.8) is 0 Å². The highest BCUT2D eigenvalue weighted by atomic mass is 127. The molecule has 2 atom stereocenters. The molecule has 1 heterocycles. The van der Waals surface area contributed by atoms with E-state index in [1.165, 1.54) is 0 Å². The van der Waals surface area contributed by atoms with Gasteiger partial charge in [-0.2, -0.15) is 11.8 Å². The molecule has 2 unspecified atom stereocenters. The highest BCUT2D eigenvalue weighted by molar-refractivity contribution is 14.0. The standard InChI is InChI=1S/C16H33N3OS.HI/c1-6-16(5,12-20)11-18-15(17-7-2)19-8-9-21-14(10-19)13(3)4;/h13-14,20H,6-12H2,1-5H3,(H,17,18);1H. The summed E-state index contributed by atoms with van der Waals surface area (Å²) in [7, 11) is 0. The van der Waals surface area contributed by atoms with Gasteiger partial charge in [-0.1, -0.05) is 27.7 Å². The Bertz CT molecular complexity index is 335. The van der Waals surface area contributed by atoms with Crippen LogP contribution in [0.2, 0.25) is 0 Å². The van der Waals surface area contributed by atoms with Crippen molar-refractivity contribution in [1.82, 2.24) is 10.2 Å². The number of rotatable bonds is 6. The van der Waals surface area contributed by atoms with Gasteiger partial charge in [0.2, 0.25) is 0 Å². The van der Waals surface area contributed by atoms with Crippen LogP contribution in [-0.2, 0) is 0 Å². The van der Waals surface area contributed by atoms with E-state index in [4.69, 9.17) is 4.99 Å². The van der Waals surface area contributed by atoms with E-state index in [0.29, 0.717) is 17.7 Å². The SMILES string of the molecule is CCNC(=NCC(C)(CC)CO)N1CCSC(C(C)C)C1.I. The number of halogens is 1. The van der Waals surface area contributed by atoms with Crippen molar-refractivity contribution in [2.75, 3.05) is 38.5 Å². The second-order valence-corrected chi connectivity index (χ2v) is 7.94. The van der Waals surface area contributed by atoms with Gasteiger partial charge in [0, 0.05) is 36.1 Å². The number of guanidine groups is 1. The van der Waals surface area contributed by atoms with E-state index in [0.717, 1.165) is 37.8 Å². The molecule has 0 aromatic rings. The van der Waals surface area contributed by atoms with Crippen molar-refractivity contribution in [3.05, 3.63) is 0 Å². The number of nitrogens with zero attached hydrogens (tertiary/aromatic N) is 2. The molecule has 4 nitrogen and oxygen atoms in total. The molecular weight excluding hydrogens is 409 g/mol. The molecule has 0 amide bonds. The number of nitrogens with one attached hydrogen (secondary N) is 1. The number of thioether (sulfide) groups is 1. The summed E-state index contributed by atoms with van der Waals surface area (Å²) in [6, 6.07) is 0. The van der Waals surface area contributed by atoms with Crippen molar-refractivity contribution in [2.24, 2.45) is 16.3 Å². The van der Waals surface area contributed by atoms with Crippen LogP contribution in [0.1, 0.15) is 41.0 Å². The normalized spacial score (nSPS) is 22.2. The molecule has 1 aliphatic heterocycles. The average Bonchev–Trinajstić information content (AvgIpc) is 2.51. The summed E-state index contributed by atoms with van der Waals surface area (Å²) in [5, 5.41) is 13.6. The molecule has 6 heteroatoms. The van der Waals surface area contributed by atoms with Gasteiger partial charge in [-0.15, -0.1) is 24.0 Å². The van der Waals surface area contributed by atoms with Gasteiger partial charge in [-0.05, 0) is 19.3 Å². The third-order valence-electron chi connectivity index (χ3n) is 4.32. The van der Waals surface area contributed by atoms with E-state index < -0.39 is 0 Å². The van der Waals surface area contributed by atoms with E-state index in [9.17, 15) is 5.11 Å². The summed E-state index contributed by atoms with van der Waals surface area (Å²) in [5.74, 6) is 2.87. The van der Waals surface area contributed by atoms with E-state index in [1.807, 2.05) is 0 Å². The Kier molecular flexibility index (Phi) is 11.1. The van der Waals surface area contributed by atoms with Crippen molar-refractivity contribution in [3.8, 4) is 0 Å². The second-order valence-electron chi connectivity index (χ2n) is 6.59. The Balaban J connectivity index is 0.00000441. The molecule has 0 bridgehead atoms. The van der Waals surface area contributed by atoms with Gasteiger partial charge in [0.25, 0.3) is 0 Å². The number of hydrogen-bond acceptors (Lipinski definition) is 3. The maximum atomic E-state index is 9.55. The highest BCUT2D eigenvalue weighted by Crippen LogP contribution is 2.25. The quantitative estimate of drug-likeness (QED) is 0.377. The van der Waals surface area contributed by atoms with Crippen molar-refractivity contribution in [1.29, 1.82) is 0 Å². The number of aliphatic hydroxyl groups excluding tert-OH is 1. The lowest BCUT2D eigenvalue weighted by Gasteiger charge is -2.37. The maximum absolute atomic E-state index is 9.55. The lowest BCUT2D eigenvalue weighted by molar-refractivity contribution is 0.145. The first kappa shape index (κ1) is 22.3. The van der Waals surface area contributed by atoms with Crippen LogP contribution in [0.5, 0.6) is 0 Å². The fraction of sp³-hybridized carbons (Fsp3) is 0.938. The van der Waals surface area contributed by atoms with Crippen LogP contribution in [0.15, 0.2) is 4.99 Å². The summed E-state index contributed by atoms with van der Waals surface area (Å²) >= 11 is 2.08. The predicted molar refractivity (Wildman–Crippen MR) is 110 cm³/mol. The van der Waals surface area contributed by atoms with E-state index in [1.54, 1.807) is 0 Å². The Labute approximate surface area is 157 Å². The largest absolute Gasteiger partial charge is 0.396 e. The monoisotopic (exact) mass is 443 g/mol. The van der Waals surface area contributed by atoms with Gasteiger partial charge in [0.15, 0.2) is 5.96 Å². The topological polar surface area (TPSA) is 47.9 Å². The van der Waals surface area contributed by atoms with Gasteiger partial charge in [-0.25, -0.2) is 0 Å². The zero-order valence-corrected chi connectivity index (χ0v) is 17.9. The zero-order chi connectivity index (χ0) is 15.9. The van der Waals surface area contributed by atoms with Crippen LogP contribution in [0.4, 0.5) is 0 Å². The molecule has 1 aliphatic rings. The molecule has 132 valence electrons. The van der Waals surface area contributed by atoms with Gasteiger partial charge in [0.1, 0.15) is 0 Å². The summed E-state index contributed by atoms with van der Waals surface area (Å²) in [6.07, 6.45) is 0.941. The van der Waals surface area contributed by atoms with E-state index in [2.05, 4.69) is 56.6 Å². The number of hydrogen-bond donors (Lipinski definition) is 2. The van der Waals surface area contributed by atoms with Crippen LogP contribution < -0.4 is 5.32 Å². The van der Waals surface area contributed by atoms with Gasteiger partial charge < -0.3 is 15.3 Å². The third kappa shape index (κ3) is 6.83. The fourth-order valence-electron chi connectivity index (χ4n) is 2.24. The molecule has 0 aromatic heterocycles. The van der Waals surface area contributed by atoms with Gasteiger partial charge in [0.05, 0.1) is 13.2 Å². The molecule has 1 rings (SSSR count). The smallest absolute Gasteiger partial charge is 0.193 e. The third-order valence-corrected chi connectivity index (χ3v) is 5.86. The Hall–Kier alpha value is 0.310. The Morgan fingerprint density at radius 3 is 2.64 bits per heavy atom. The molecule has 0 aromatic carbocycles. The van der Waals surface area contributed by atoms with E-state index in [-0.39, 0.29) is 36.0 Å². The first-order valence-electron chi connectivity index (χ1n) is 8.21. The molecule has 0 saturated carbocycles. The molecule has 1 saturated heterocycles. The lowest BCUT2D eigenvalue weighted by atomic mass is 9.89. The minimum atomic E-state index is -0.108. The van der Waals surface area contributed by atoms with Crippen LogP contribution in [-0.4, -0.2) is 59.8 Å². The minimum absolute atomic E-state index is 0. The predicted octanol–water partition coefficient (Wildman–Crippen LogP) is 3.05. The molecule has 0 spiro atoms. The highest BCUT2D eigenvalue weighted by Gasteiger charge is 2.26. The van der Waals surface area contributed by atoms with Crippen LogP contribution >= 0.6 is 35.7 Å². The molecule has 2 N–H and O–H groups in total. The minimum Gasteiger partial charge on any atom is -0.396 e. The molecule has 0 aliphatic carbocycles. The summed E-state index contributed by atoms with van der Waals surface area (Å²) < 4.78 is 0. The summed E-state index contributed by atoms with van der Waals surface area (Å²) in [6.45, 7) is 14.8. The molecule has 22 heavy (non-hydrogen) atoms. The van der Waals surface area contributed by atoms with Crippen LogP contribution in [0.3, 0.4) is 0 Å². The van der Waals surface area contributed by atoms with Crippen LogP contribution in [0, 0.1) is 11.3 Å². The maximum Gasteiger partial charge on any atom is 0.193 e. The number of aliphatic imine (C=N–C) groups is 1. The average molecular weight is 443 g/mol. The molecule has 0 radical (unpaired) electrons.